The van der Waals surface area contributed by atoms with Crippen molar-refractivity contribution in [3.05, 3.63) is 24.7 Å². The summed E-state index contributed by atoms with van der Waals surface area (Å²) in [6.45, 7) is 3.02. The predicted octanol–water partition coefficient (Wildman–Crippen LogP) is 1.79. The molecule has 0 spiro atoms. The van der Waals surface area contributed by atoms with Gasteiger partial charge in [0.2, 0.25) is 0 Å². The Bertz CT molecular complexity index is 463. The molecule has 0 aliphatic heterocycles. The van der Waals surface area contributed by atoms with Gasteiger partial charge in [-0.2, -0.15) is 5.10 Å². The fraction of sp³-hybridized carbons (Fsp3) is 0.364. The molecule has 0 unspecified atom stereocenters. The van der Waals surface area contributed by atoms with Crippen molar-refractivity contribution in [3.8, 4) is 11.4 Å². The van der Waals surface area contributed by atoms with Crippen LogP contribution < -0.4 is 5.32 Å². The average Bonchev–Trinajstić information content (AvgIpc) is 2.78. The Morgan fingerprint density at radius 2 is 2.25 bits per heavy atom. The van der Waals surface area contributed by atoms with Crippen LogP contribution in [0.1, 0.15) is 13.3 Å². The van der Waals surface area contributed by atoms with E-state index in [0.717, 1.165) is 30.2 Å². The number of hydrogen-bond acceptors (Lipinski definition) is 4. The first kappa shape index (κ1) is 10.6. The van der Waals surface area contributed by atoms with Crippen LogP contribution in [-0.2, 0) is 6.54 Å². The van der Waals surface area contributed by atoms with Crippen LogP contribution >= 0.6 is 0 Å². The molecule has 84 valence electrons. The lowest BCUT2D eigenvalue weighted by Crippen LogP contribution is -2.03. The molecule has 1 N–H and O–H groups in total. The third kappa shape index (κ3) is 2.03. The number of aryl methyl sites for hydroxylation is 1. The van der Waals surface area contributed by atoms with Crippen LogP contribution in [0.2, 0.25) is 0 Å². The average molecular weight is 217 g/mol. The van der Waals surface area contributed by atoms with Gasteiger partial charge < -0.3 is 5.32 Å². The molecule has 0 atom stereocenters. The van der Waals surface area contributed by atoms with E-state index in [4.69, 9.17) is 0 Å². The Hall–Kier alpha value is -1.91. The zero-order valence-corrected chi connectivity index (χ0v) is 9.51. The summed E-state index contributed by atoms with van der Waals surface area (Å²) in [5.41, 5.74) is 1.85. The highest BCUT2D eigenvalue weighted by Gasteiger charge is 2.06. The molecule has 0 saturated heterocycles. The van der Waals surface area contributed by atoms with E-state index in [1.54, 1.807) is 18.6 Å². The quantitative estimate of drug-likeness (QED) is 0.848. The van der Waals surface area contributed by atoms with Crippen molar-refractivity contribution in [1.82, 2.24) is 19.7 Å². The van der Waals surface area contributed by atoms with Gasteiger partial charge in [0, 0.05) is 19.8 Å². The van der Waals surface area contributed by atoms with Crippen molar-refractivity contribution in [2.24, 2.45) is 0 Å². The molecule has 2 aromatic heterocycles. The molecule has 0 aromatic carbocycles. The van der Waals surface area contributed by atoms with Crippen LogP contribution in [0.25, 0.3) is 11.4 Å². The zero-order valence-electron chi connectivity index (χ0n) is 9.51. The summed E-state index contributed by atoms with van der Waals surface area (Å²) in [5, 5.41) is 7.24. The van der Waals surface area contributed by atoms with E-state index >= 15 is 0 Å². The number of nitrogens with one attached hydrogen (secondary N) is 1. The van der Waals surface area contributed by atoms with Crippen LogP contribution in [0.4, 0.5) is 5.82 Å². The van der Waals surface area contributed by atoms with E-state index in [1.807, 2.05) is 17.8 Å². The highest BCUT2D eigenvalue weighted by atomic mass is 15.3. The second-order valence-corrected chi connectivity index (χ2v) is 3.48. The smallest absolute Gasteiger partial charge is 0.145 e. The lowest BCUT2D eigenvalue weighted by Gasteiger charge is -2.06. The molecule has 0 aliphatic rings. The zero-order chi connectivity index (χ0) is 11.4. The highest BCUT2D eigenvalue weighted by molar-refractivity contribution is 5.55. The summed E-state index contributed by atoms with van der Waals surface area (Å²) in [7, 11) is 1.83. The van der Waals surface area contributed by atoms with Gasteiger partial charge in [0.05, 0.1) is 18.1 Å². The third-order valence-electron chi connectivity index (χ3n) is 2.31. The second-order valence-electron chi connectivity index (χ2n) is 3.48. The molecule has 5 heteroatoms. The number of rotatable bonds is 4. The Morgan fingerprint density at radius 3 is 3.00 bits per heavy atom. The third-order valence-corrected chi connectivity index (χ3v) is 2.31. The van der Waals surface area contributed by atoms with Gasteiger partial charge in [0.25, 0.3) is 0 Å². The molecule has 2 rings (SSSR count). The first-order valence-electron chi connectivity index (χ1n) is 5.37. The minimum atomic E-state index is 0.766. The fourth-order valence-electron chi connectivity index (χ4n) is 1.55. The van der Waals surface area contributed by atoms with E-state index in [0.29, 0.717) is 0 Å². The Labute approximate surface area is 94.5 Å². The van der Waals surface area contributed by atoms with Gasteiger partial charge in [0.1, 0.15) is 11.5 Å². The van der Waals surface area contributed by atoms with Gasteiger partial charge in [-0.25, -0.2) is 4.98 Å². The minimum Gasteiger partial charge on any atom is -0.372 e. The number of hydrogen-bond donors (Lipinski definition) is 1. The monoisotopic (exact) mass is 217 g/mol. The van der Waals surface area contributed by atoms with Crippen LogP contribution in [0, 0.1) is 0 Å². The molecule has 0 bridgehead atoms. The van der Waals surface area contributed by atoms with Gasteiger partial charge in [0.15, 0.2) is 0 Å². The number of aromatic nitrogens is 4. The van der Waals surface area contributed by atoms with E-state index in [1.165, 1.54) is 0 Å². The van der Waals surface area contributed by atoms with Crippen molar-refractivity contribution < 1.29 is 0 Å². The molecule has 2 aromatic rings. The van der Waals surface area contributed by atoms with E-state index in [2.05, 4.69) is 27.3 Å². The van der Waals surface area contributed by atoms with Crippen molar-refractivity contribution in [2.45, 2.75) is 19.9 Å². The standard InChI is InChI=1S/C11H15N5/c1-3-6-16-10(4-5-14-16)9-7-13-8-11(12-2)15-9/h4-5,7-8H,3,6H2,1-2H3,(H,12,15). The molecule has 0 radical (unpaired) electrons. The van der Waals surface area contributed by atoms with E-state index in [-0.39, 0.29) is 0 Å². The molecule has 0 saturated carbocycles. The summed E-state index contributed by atoms with van der Waals surface area (Å²) >= 11 is 0. The molecular formula is C11H15N5. The van der Waals surface area contributed by atoms with Gasteiger partial charge in [-0.05, 0) is 12.5 Å². The first-order chi connectivity index (χ1) is 7.85. The molecule has 16 heavy (non-hydrogen) atoms. The largest absolute Gasteiger partial charge is 0.372 e. The predicted molar refractivity (Wildman–Crippen MR) is 63.1 cm³/mol. The van der Waals surface area contributed by atoms with Crippen LogP contribution in [0.15, 0.2) is 24.7 Å². The maximum atomic E-state index is 4.44. The second kappa shape index (κ2) is 4.74. The molecule has 2 heterocycles. The van der Waals surface area contributed by atoms with E-state index < -0.39 is 0 Å². The van der Waals surface area contributed by atoms with Gasteiger partial charge in [-0.3, -0.25) is 9.67 Å². The molecule has 5 nitrogen and oxygen atoms in total. The summed E-state index contributed by atoms with van der Waals surface area (Å²) < 4.78 is 1.95. The van der Waals surface area contributed by atoms with Crippen molar-refractivity contribution in [3.63, 3.8) is 0 Å². The number of anilines is 1. The summed E-state index contributed by atoms with van der Waals surface area (Å²) in [6.07, 6.45) is 6.29. The van der Waals surface area contributed by atoms with Crippen molar-refractivity contribution in [2.75, 3.05) is 12.4 Å². The molecule has 0 amide bonds. The highest BCUT2D eigenvalue weighted by Crippen LogP contribution is 2.17. The Kier molecular flexibility index (Phi) is 3.14. The van der Waals surface area contributed by atoms with Gasteiger partial charge in [-0.1, -0.05) is 6.92 Å². The van der Waals surface area contributed by atoms with Crippen LogP contribution in [-0.4, -0.2) is 26.8 Å². The Morgan fingerprint density at radius 1 is 1.38 bits per heavy atom. The molecule has 0 aliphatic carbocycles. The number of nitrogens with zero attached hydrogens (tertiary/aromatic N) is 4. The first-order valence-corrected chi connectivity index (χ1v) is 5.37. The topological polar surface area (TPSA) is 55.6 Å². The molecular weight excluding hydrogens is 202 g/mol. The van der Waals surface area contributed by atoms with Crippen molar-refractivity contribution in [1.29, 1.82) is 0 Å². The lowest BCUT2D eigenvalue weighted by atomic mass is 10.3. The van der Waals surface area contributed by atoms with Crippen LogP contribution in [0.5, 0.6) is 0 Å². The van der Waals surface area contributed by atoms with Gasteiger partial charge >= 0.3 is 0 Å². The minimum absolute atomic E-state index is 0.766. The summed E-state index contributed by atoms with van der Waals surface area (Å²) in [4.78, 5) is 8.59. The SMILES string of the molecule is CCCn1nccc1-c1cncc(NC)n1. The Balaban J connectivity index is 2.37. The molecule has 0 fully saturated rings. The normalized spacial score (nSPS) is 10.4. The van der Waals surface area contributed by atoms with Crippen molar-refractivity contribution >= 4 is 5.82 Å². The van der Waals surface area contributed by atoms with Gasteiger partial charge in [-0.15, -0.1) is 0 Å². The summed E-state index contributed by atoms with van der Waals surface area (Å²) in [6, 6.07) is 1.96. The fourth-order valence-corrected chi connectivity index (χ4v) is 1.55. The summed E-state index contributed by atoms with van der Waals surface area (Å²) in [5.74, 6) is 0.766. The van der Waals surface area contributed by atoms with Crippen LogP contribution in [0.3, 0.4) is 0 Å². The van der Waals surface area contributed by atoms with E-state index in [9.17, 15) is 0 Å². The maximum Gasteiger partial charge on any atom is 0.145 e. The lowest BCUT2D eigenvalue weighted by molar-refractivity contribution is 0.608. The maximum absolute atomic E-state index is 4.44.